The van der Waals surface area contributed by atoms with Crippen molar-refractivity contribution in [3.05, 3.63) is 28.2 Å². The number of carbonyl (C=O) groups is 1. The number of cyclic esters (lactones) is 1. The molecule has 2 saturated heterocycles. The van der Waals surface area contributed by atoms with Gasteiger partial charge in [-0.1, -0.05) is 15.9 Å². The lowest BCUT2D eigenvalue weighted by molar-refractivity contribution is 0.112. The predicted molar refractivity (Wildman–Crippen MR) is 110 cm³/mol. The maximum atomic E-state index is 11.8. The van der Waals surface area contributed by atoms with Crippen LogP contribution in [0.25, 0.3) is 0 Å². The van der Waals surface area contributed by atoms with Crippen LogP contribution in [0.3, 0.4) is 0 Å². The fourth-order valence-electron chi connectivity index (χ4n) is 4.00. The normalized spacial score (nSPS) is 21.7. The third-order valence-corrected chi connectivity index (χ3v) is 6.54. The van der Waals surface area contributed by atoms with Crippen molar-refractivity contribution >= 4 is 22.0 Å². The first-order valence-corrected chi connectivity index (χ1v) is 10.8. The molecule has 0 aromatic heterocycles. The number of likely N-dealkylation sites (tertiary alicyclic amines) is 1. The van der Waals surface area contributed by atoms with Crippen LogP contribution in [0.15, 0.2) is 22.7 Å². The van der Waals surface area contributed by atoms with E-state index in [1.165, 1.54) is 22.9 Å². The Kier molecular flexibility index (Phi) is 7.04. The number of rotatable bonds is 7. The lowest BCUT2D eigenvalue weighted by Crippen LogP contribution is -2.37. The zero-order valence-corrected chi connectivity index (χ0v) is 18.2. The van der Waals surface area contributed by atoms with Gasteiger partial charge in [0.05, 0.1) is 13.7 Å². The quantitative estimate of drug-likeness (QED) is 0.634. The van der Waals surface area contributed by atoms with E-state index >= 15 is 0 Å². The van der Waals surface area contributed by atoms with Gasteiger partial charge in [-0.3, -0.25) is 0 Å². The van der Waals surface area contributed by atoms with Crippen LogP contribution in [0.4, 0.5) is 4.79 Å². The van der Waals surface area contributed by atoms with Gasteiger partial charge < -0.3 is 19.3 Å². The summed E-state index contributed by atoms with van der Waals surface area (Å²) in [5.41, 5.74) is 1.33. The van der Waals surface area contributed by atoms with E-state index < -0.39 is 0 Å². The maximum Gasteiger partial charge on any atom is 0.410 e. The molecular weight excluding hydrogens is 408 g/mol. The van der Waals surface area contributed by atoms with Crippen molar-refractivity contribution in [3.8, 4) is 5.75 Å². The van der Waals surface area contributed by atoms with Gasteiger partial charge in [0, 0.05) is 17.1 Å². The number of amides is 1. The van der Waals surface area contributed by atoms with E-state index in [9.17, 15) is 4.79 Å². The van der Waals surface area contributed by atoms with Gasteiger partial charge >= 0.3 is 6.09 Å². The van der Waals surface area contributed by atoms with Gasteiger partial charge in [-0.05, 0) is 82.3 Å². The second-order valence-corrected chi connectivity index (χ2v) is 8.84. The number of hydrogen-bond acceptors (Lipinski definition) is 4. The Hall–Kier alpha value is -1.27. The highest BCUT2D eigenvalue weighted by molar-refractivity contribution is 9.10. The van der Waals surface area contributed by atoms with Crippen molar-refractivity contribution in [3.63, 3.8) is 0 Å². The van der Waals surface area contributed by atoms with Crippen LogP contribution in [0.5, 0.6) is 5.75 Å². The molecule has 0 radical (unpaired) electrons. The first-order chi connectivity index (χ1) is 13.0. The predicted octanol–water partition coefficient (Wildman–Crippen LogP) is 4.33. The molecule has 2 heterocycles. The molecule has 1 amide bonds. The fraction of sp³-hybridized carbons (Fsp3) is 0.667. The zero-order chi connectivity index (χ0) is 19.4. The molecule has 1 atom stereocenters. The fourth-order valence-corrected chi connectivity index (χ4v) is 4.41. The van der Waals surface area contributed by atoms with E-state index in [2.05, 4.69) is 33.0 Å². The minimum absolute atomic E-state index is 0.0466. The van der Waals surface area contributed by atoms with Crippen LogP contribution < -0.4 is 4.74 Å². The molecule has 0 spiro atoms. The molecule has 150 valence electrons. The van der Waals surface area contributed by atoms with E-state index in [0.717, 1.165) is 44.8 Å². The van der Waals surface area contributed by atoms with Gasteiger partial charge in [-0.15, -0.1) is 0 Å². The molecule has 1 unspecified atom stereocenters. The largest absolute Gasteiger partial charge is 0.497 e. The number of hydrogen-bond donors (Lipinski definition) is 0. The number of piperidine rings is 1. The summed E-state index contributed by atoms with van der Waals surface area (Å²) in [6.07, 6.45) is 4.34. The van der Waals surface area contributed by atoms with Crippen LogP contribution in [0.2, 0.25) is 0 Å². The smallest absolute Gasteiger partial charge is 0.410 e. The third-order valence-electron chi connectivity index (χ3n) is 5.76. The molecule has 27 heavy (non-hydrogen) atoms. The summed E-state index contributed by atoms with van der Waals surface area (Å²) in [7, 11) is 1.72. The van der Waals surface area contributed by atoms with Crippen LogP contribution >= 0.6 is 15.9 Å². The minimum atomic E-state index is -0.155. The Balaban J connectivity index is 1.41. The van der Waals surface area contributed by atoms with Crippen LogP contribution in [0, 0.1) is 5.92 Å². The Morgan fingerprint density at radius 1 is 1.30 bits per heavy atom. The Labute approximate surface area is 171 Å². The summed E-state index contributed by atoms with van der Waals surface area (Å²) in [6, 6.07) is 6.43. The van der Waals surface area contributed by atoms with E-state index in [1.54, 1.807) is 7.11 Å². The van der Waals surface area contributed by atoms with Gasteiger partial charge in [-0.25, -0.2) is 4.79 Å². The molecule has 6 heteroatoms. The molecule has 0 saturated carbocycles. The summed E-state index contributed by atoms with van der Waals surface area (Å²) in [4.78, 5) is 16.2. The standard InChI is InChI=1S/C21H31BrN2O3/c1-15(2)24-14-19(27-21(24)25)8-11-23-9-6-16(7-10-23)12-17-13-18(26-3)4-5-20(17)22/h4-5,13,15-16,19H,6-12,14H2,1-3H3. The van der Waals surface area contributed by atoms with Crippen molar-refractivity contribution in [1.82, 2.24) is 9.80 Å². The van der Waals surface area contributed by atoms with Gasteiger partial charge in [0.25, 0.3) is 0 Å². The summed E-state index contributed by atoms with van der Waals surface area (Å²) in [5, 5.41) is 0. The lowest BCUT2D eigenvalue weighted by Gasteiger charge is -2.32. The highest BCUT2D eigenvalue weighted by Crippen LogP contribution is 2.29. The number of methoxy groups -OCH3 is 1. The topological polar surface area (TPSA) is 42.0 Å². The average molecular weight is 439 g/mol. The van der Waals surface area contributed by atoms with Gasteiger partial charge in [-0.2, -0.15) is 0 Å². The van der Waals surface area contributed by atoms with Crippen molar-refractivity contribution < 1.29 is 14.3 Å². The summed E-state index contributed by atoms with van der Waals surface area (Å²) in [6.45, 7) is 8.07. The molecule has 0 aliphatic carbocycles. The van der Waals surface area contributed by atoms with E-state index in [0.29, 0.717) is 5.92 Å². The second-order valence-electron chi connectivity index (χ2n) is 7.99. The molecule has 2 fully saturated rings. The van der Waals surface area contributed by atoms with Crippen LogP contribution in [0.1, 0.15) is 38.7 Å². The van der Waals surface area contributed by atoms with E-state index in [-0.39, 0.29) is 18.2 Å². The second kappa shape index (κ2) is 9.28. The maximum absolute atomic E-state index is 11.8. The Bertz CT molecular complexity index is 644. The van der Waals surface area contributed by atoms with Gasteiger partial charge in [0.2, 0.25) is 0 Å². The Morgan fingerprint density at radius 2 is 2.04 bits per heavy atom. The monoisotopic (exact) mass is 438 g/mol. The molecule has 0 N–H and O–H groups in total. The lowest BCUT2D eigenvalue weighted by atomic mass is 9.90. The molecular formula is C21H31BrN2O3. The van der Waals surface area contributed by atoms with Crippen LogP contribution in [-0.4, -0.2) is 61.3 Å². The molecule has 2 aliphatic heterocycles. The minimum Gasteiger partial charge on any atom is -0.497 e. The summed E-state index contributed by atoms with van der Waals surface area (Å²) >= 11 is 3.67. The average Bonchev–Trinajstić information content (AvgIpc) is 3.04. The van der Waals surface area contributed by atoms with Crippen LogP contribution in [-0.2, 0) is 11.2 Å². The molecule has 5 nitrogen and oxygen atoms in total. The van der Waals surface area contributed by atoms with Gasteiger partial charge in [0.1, 0.15) is 11.9 Å². The van der Waals surface area contributed by atoms with Crippen molar-refractivity contribution in [2.75, 3.05) is 33.3 Å². The highest BCUT2D eigenvalue weighted by Gasteiger charge is 2.33. The third kappa shape index (κ3) is 5.38. The Morgan fingerprint density at radius 3 is 2.67 bits per heavy atom. The number of benzene rings is 1. The molecule has 2 aliphatic rings. The van der Waals surface area contributed by atoms with Crippen molar-refractivity contribution in [2.45, 2.75) is 51.7 Å². The molecule has 3 rings (SSSR count). The zero-order valence-electron chi connectivity index (χ0n) is 16.6. The number of ether oxygens (including phenoxy) is 2. The SMILES string of the molecule is COc1ccc(Br)c(CC2CCN(CCC3CN(C(C)C)C(=O)O3)CC2)c1. The summed E-state index contributed by atoms with van der Waals surface area (Å²) < 4.78 is 12.0. The number of halogens is 1. The molecule has 1 aromatic carbocycles. The van der Waals surface area contributed by atoms with Gasteiger partial charge in [0.15, 0.2) is 0 Å². The number of carbonyl (C=O) groups excluding carboxylic acids is 1. The number of nitrogens with zero attached hydrogens (tertiary/aromatic N) is 2. The van der Waals surface area contributed by atoms with E-state index in [4.69, 9.17) is 9.47 Å². The summed E-state index contributed by atoms with van der Waals surface area (Å²) in [5.74, 6) is 1.64. The van der Waals surface area contributed by atoms with E-state index in [1.807, 2.05) is 24.8 Å². The highest BCUT2D eigenvalue weighted by atomic mass is 79.9. The first kappa shape index (κ1) is 20.5. The van der Waals surface area contributed by atoms with Crippen molar-refractivity contribution in [2.24, 2.45) is 5.92 Å². The van der Waals surface area contributed by atoms with Crippen molar-refractivity contribution in [1.29, 1.82) is 0 Å². The first-order valence-electron chi connectivity index (χ1n) is 9.98. The molecule has 0 bridgehead atoms. The molecule has 1 aromatic rings.